The second-order valence-corrected chi connectivity index (χ2v) is 8.10. The monoisotopic (exact) mass is 354 g/mol. The van der Waals surface area contributed by atoms with Crippen LogP contribution in [0.1, 0.15) is 13.3 Å². The average Bonchev–Trinajstić information content (AvgIpc) is 2.91. The summed E-state index contributed by atoms with van der Waals surface area (Å²) in [5.41, 5.74) is 0.558. The standard InChI is InChI=1S/C16H22N2O5S/c1-12(19)18(13-5-4-6-15(9-13)23-3)10-16(20)17(2)14-7-8-24(21,22)11-14/h4-6,9,14H,7-8,10-11H2,1-3H3. The predicted molar refractivity (Wildman–Crippen MR) is 90.8 cm³/mol. The van der Waals surface area contributed by atoms with Crippen LogP contribution in [0.2, 0.25) is 0 Å². The van der Waals surface area contributed by atoms with Crippen molar-refractivity contribution >= 4 is 27.3 Å². The highest BCUT2D eigenvalue weighted by Gasteiger charge is 2.33. The molecular weight excluding hydrogens is 332 g/mol. The van der Waals surface area contributed by atoms with Crippen LogP contribution < -0.4 is 9.64 Å². The normalized spacial score (nSPS) is 18.9. The van der Waals surface area contributed by atoms with Crippen molar-refractivity contribution in [3.8, 4) is 5.75 Å². The first-order valence-corrected chi connectivity index (χ1v) is 9.44. The van der Waals surface area contributed by atoms with Gasteiger partial charge < -0.3 is 14.5 Å². The topological polar surface area (TPSA) is 84.0 Å². The van der Waals surface area contributed by atoms with Gasteiger partial charge in [0.2, 0.25) is 11.8 Å². The summed E-state index contributed by atoms with van der Waals surface area (Å²) in [4.78, 5) is 27.2. The van der Waals surface area contributed by atoms with E-state index in [0.29, 0.717) is 17.9 Å². The summed E-state index contributed by atoms with van der Waals surface area (Å²) in [6.07, 6.45) is 0.434. The molecule has 1 heterocycles. The number of methoxy groups -OCH3 is 1. The zero-order chi connectivity index (χ0) is 17.9. The Kier molecular flexibility index (Phi) is 5.48. The lowest BCUT2D eigenvalue weighted by Crippen LogP contribution is -2.45. The van der Waals surface area contributed by atoms with Crippen molar-refractivity contribution in [2.24, 2.45) is 0 Å². The number of nitrogens with zero attached hydrogens (tertiary/aromatic N) is 2. The highest BCUT2D eigenvalue weighted by Crippen LogP contribution is 2.22. The Morgan fingerprint density at radius 2 is 2.04 bits per heavy atom. The van der Waals surface area contributed by atoms with Gasteiger partial charge >= 0.3 is 0 Å². The molecule has 0 radical (unpaired) electrons. The number of anilines is 1. The van der Waals surface area contributed by atoms with Gasteiger partial charge in [-0.15, -0.1) is 0 Å². The van der Waals surface area contributed by atoms with Gasteiger partial charge in [-0.2, -0.15) is 0 Å². The highest BCUT2D eigenvalue weighted by molar-refractivity contribution is 7.91. The fourth-order valence-electron chi connectivity index (χ4n) is 2.69. The molecule has 2 amide bonds. The SMILES string of the molecule is COc1cccc(N(CC(=O)N(C)C2CCS(=O)(=O)C2)C(C)=O)c1. The Labute approximate surface area is 142 Å². The number of amides is 2. The fraction of sp³-hybridized carbons (Fsp3) is 0.500. The van der Waals surface area contributed by atoms with Gasteiger partial charge in [0.05, 0.1) is 18.6 Å². The molecule has 1 aromatic rings. The number of hydrogen-bond donors (Lipinski definition) is 0. The first-order chi connectivity index (χ1) is 11.2. The minimum Gasteiger partial charge on any atom is -0.497 e. The van der Waals surface area contributed by atoms with Crippen molar-refractivity contribution in [3.05, 3.63) is 24.3 Å². The minimum absolute atomic E-state index is 0.0194. The molecule has 8 heteroatoms. The van der Waals surface area contributed by atoms with Gasteiger partial charge in [-0.25, -0.2) is 8.42 Å². The van der Waals surface area contributed by atoms with Crippen LogP contribution in [0.3, 0.4) is 0 Å². The van der Waals surface area contributed by atoms with Crippen LogP contribution in [-0.2, 0) is 19.4 Å². The van der Waals surface area contributed by atoms with Gasteiger partial charge in [0.25, 0.3) is 0 Å². The Morgan fingerprint density at radius 1 is 1.33 bits per heavy atom. The van der Waals surface area contributed by atoms with Crippen molar-refractivity contribution in [2.45, 2.75) is 19.4 Å². The number of likely N-dealkylation sites (N-methyl/N-ethyl adjacent to an activating group) is 1. The molecule has 0 spiro atoms. The number of hydrogen-bond acceptors (Lipinski definition) is 5. The molecule has 1 aliphatic heterocycles. The van der Waals surface area contributed by atoms with Crippen molar-refractivity contribution in [1.82, 2.24) is 4.90 Å². The molecule has 0 saturated carbocycles. The lowest BCUT2D eigenvalue weighted by atomic mass is 10.2. The van der Waals surface area contributed by atoms with E-state index < -0.39 is 9.84 Å². The summed E-state index contributed by atoms with van der Waals surface area (Å²) in [5.74, 6) is 0.0939. The predicted octanol–water partition coefficient (Wildman–Crippen LogP) is 0.694. The molecule has 7 nitrogen and oxygen atoms in total. The van der Waals surface area contributed by atoms with Gasteiger partial charge in [-0.3, -0.25) is 9.59 Å². The summed E-state index contributed by atoms with van der Waals surface area (Å²) >= 11 is 0. The van der Waals surface area contributed by atoms with E-state index >= 15 is 0 Å². The minimum atomic E-state index is -3.07. The number of sulfone groups is 1. The lowest BCUT2D eigenvalue weighted by molar-refractivity contribution is -0.131. The molecule has 1 aromatic carbocycles. The Bertz CT molecular complexity index is 732. The van der Waals surface area contributed by atoms with Crippen molar-refractivity contribution in [2.75, 3.05) is 37.1 Å². The van der Waals surface area contributed by atoms with E-state index in [1.165, 1.54) is 23.8 Å². The van der Waals surface area contributed by atoms with Crippen LogP contribution in [0.4, 0.5) is 5.69 Å². The van der Waals surface area contributed by atoms with Crippen LogP contribution in [0.5, 0.6) is 5.75 Å². The Morgan fingerprint density at radius 3 is 2.58 bits per heavy atom. The molecule has 0 aliphatic carbocycles. The molecule has 0 bridgehead atoms. The van der Waals surface area contributed by atoms with Gasteiger partial charge in [-0.1, -0.05) is 6.07 Å². The Balaban J connectivity index is 2.12. The first-order valence-electron chi connectivity index (χ1n) is 7.62. The van der Waals surface area contributed by atoms with E-state index in [2.05, 4.69) is 0 Å². The summed E-state index contributed by atoms with van der Waals surface area (Å²) < 4.78 is 28.3. The van der Waals surface area contributed by atoms with E-state index in [1.807, 2.05) is 0 Å². The van der Waals surface area contributed by atoms with Gasteiger partial charge in [-0.05, 0) is 18.6 Å². The van der Waals surface area contributed by atoms with Gasteiger partial charge in [0, 0.05) is 31.8 Å². The van der Waals surface area contributed by atoms with Crippen LogP contribution in [0, 0.1) is 0 Å². The van der Waals surface area contributed by atoms with Crippen molar-refractivity contribution < 1.29 is 22.7 Å². The second-order valence-electron chi connectivity index (χ2n) is 5.87. The van der Waals surface area contributed by atoms with Gasteiger partial charge in [0.1, 0.15) is 12.3 Å². The average molecular weight is 354 g/mol. The van der Waals surface area contributed by atoms with Gasteiger partial charge in [0.15, 0.2) is 9.84 Å². The highest BCUT2D eigenvalue weighted by atomic mass is 32.2. The molecule has 1 fully saturated rings. The van der Waals surface area contributed by atoms with E-state index in [-0.39, 0.29) is 35.9 Å². The summed E-state index contributed by atoms with van der Waals surface area (Å²) in [5, 5.41) is 0. The molecular formula is C16H22N2O5S. The molecule has 0 N–H and O–H groups in total. The second kappa shape index (κ2) is 7.21. The fourth-order valence-corrected chi connectivity index (χ4v) is 4.47. The number of carbonyl (C=O) groups excluding carboxylic acids is 2. The van der Waals surface area contributed by atoms with E-state index in [4.69, 9.17) is 4.74 Å². The first kappa shape index (κ1) is 18.3. The van der Waals surface area contributed by atoms with Crippen molar-refractivity contribution in [3.63, 3.8) is 0 Å². The van der Waals surface area contributed by atoms with E-state index in [9.17, 15) is 18.0 Å². The van der Waals surface area contributed by atoms with Crippen LogP contribution in [0.25, 0.3) is 0 Å². The number of ether oxygens (including phenoxy) is 1. The number of benzene rings is 1. The maximum Gasteiger partial charge on any atom is 0.242 e. The molecule has 1 aliphatic rings. The smallest absolute Gasteiger partial charge is 0.242 e. The summed E-state index contributed by atoms with van der Waals surface area (Å²) in [7, 11) is 0.0346. The third-order valence-electron chi connectivity index (χ3n) is 4.19. The molecule has 24 heavy (non-hydrogen) atoms. The number of rotatable bonds is 5. The zero-order valence-electron chi connectivity index (χ0n) is 14.1. The molecule has 1 unspecified atom stereocenters. The molecule has 1 atom stereocenters. The van der Waals surface area contributed by atoms with Crippen LogP contribution >= 0.6 is 0 Å². The van der Waals surface area contributed by atoms with Crippen molar-refractivity contribution in [1.29, 1.82) is 0 Å². The zero-order valence-corrected chi connectivity index (χ0v) is 14.9. The van der Waals surface area contributed by atoms with E-state index in [1.54, 1.807) is 31.3 Å². The molecule has 0 aromatic heterocycles. The quantitative estimate of drug-likeness (QED) is 0.777. The lowest BCUT2D eigenvalue weighted by Gasteiger charge is -2.27. The molecule has 2 rings (SSSR count). The largest absolute Gasteiger partial charge is 0.497 e. The van der Waals surface area contributed by atoms with Crippen LogP contribution in [-0.4, -0.2) is 63.4 Å². The maximum absolute atomic E-state index is 12.5. The summed E-state index contributed by atoms with van der Waals surface area (Å²) in [6, 6.07) is 6.55. The molecule has 132 valence electrons. The Hall–Kier alpha value is -2.09. The van der Waals surface area contributed by atoms with Crippen LogP contribution in [0.15, 0.2) is 24.3 Å². The third kappa shape index (κ3) is 4.25. The molecule has 1 saturated heterocycles. The number of carbonyl (C=O) groups is 2. The van der Waals surface area contributed by atoms with E-state index in [0.717, 1.165) is 0 Å². The third-order valence-corrected chi connectivity index (χ3v) is 5.94. The maximum atomic E-state index is 12.5. The summed E-state index contributed by atoms with van der Waals surface area (Å²) in [6.45, 7) is 1.24.